The predicted octanol–water partition coefficient (Wildman–Crippen LogP) is -0.363. The molecule has 1 aliphatic heterocycles. The number of terminal acetylenes is 1. The van der Waals surface area contributed by atoms with Gasteiger partial charge in [-0.15, -0.1) is 6.42 Å². The third-order valence-corrected chi connectivity index (χ3v) is 4.06. The van der Waals surface area contributed by atoms with E-state index in [1.54, 1.807) is 0 Å². The molecule has 1 aliphatic rings. The first-order chi connectivity index (χ1) is 10.9. The van der Waals surface area contributed by atoms with E-state index in [0.717, 1.165) is 0 Å². The molecule has 122 valence electrons. The average Bonchev–Trinajstić information content (AvgIpc) is 3.05. The highest BCUT2D eigenvalue weighted by Gasteiger charge is 2.59. The van der Waals surface area contributed by atoms with E-state index >= 15 is 4.39 Å². The summed E-state index contributed by atoms with van der Waals surface area (Å²) < 4.78 is 22.3. The summed E-state index contributed by atoms with van der Waals surface area (Å²) >= 11 is 0. The molecule has 5 atom stereocenters. The molecule has 0 spiro atoms. The van der Waals surface area contributed by atoms with Crippen molar-refractivity contribution in [3.05, 3.63) is 12.5 Å². The summed E-state index contributed by atoms with van der Waals surface area (Å²) in [6, 6.07) is 0. The van der Waals surface area contributed by atoms with Gasteiger partial charge in [-0.2, -0.15) is 4.98 Å². The van der Waals surface area contributed by atoms with Crippen LogP contribution in [-0.2, 0) is 4.74 Å². The lowest BCUT2D eigenvalue weighted by atomic mass is 9.85. The maximum atomic E-state index is 15.4. The molecule has 2 aromatic rings. The molecule has 3 heterocycles. The van der Waals surface area contributed by atoms with Crippen molar-refractivity contribution in [3.8, 4) is 12.3 Å². The zero-order valence-electron chi connectivity index (χ0n) is 12.3. The first-order valence-electron chi connectivity index (χ1n) is 6.98. The number of hydrogen-bond donors (Lipinski definition) is 3. The van der Waals surface area contributed by atoms with Crippen LogP contribution in [0.4, 0.5) is 10.3 Å². The van der Waals surface area contributed by atoms with E-state index in [4.69, 9.17) is 16.9 Å². The summed E-state index contributed by atoms with van der Waals surface area (Å²) in [5.41, 5.74) is 3.86. The number of ether oxygens (including phenoxy) is 1. The van der Waals surface area contributed by atoms with Crippen LogP contribution >= 0.6 is 0 Å². The molecule has 4 N–H and O–H groups in total. The third-order valence-electron chi connectivity index (χ3n) is 4.06. The van der Waals surface area contributed by atoms with Crippen molar-refractivity contribution in [2.24, 2.45) is 5.92 Å². The van der Waals surface area contributed by atoms with Gasteiger partial charge in [0.25, 0.3) is 0 Å². The summed E-state index contributed by atoms with van der Waals surface area (Å²) in [6.07, 6.45) is 4.80. The van der Waals surface area contributed by atoms with Gasteiger partial charge in [-0.1, -0.05) is 5.92 Å². The SMILES string of the molecule is C#CC1(F)C(CO)[C@@H]([C@@H](C)O)O[C@H]1n1cnc2cnc(N)nc21. The summed E-state index contributed by atoms with van der Waals surface area (Å²) in [5, 5.41) is 19.3. The topological polar surface area (TPSA) is 119 Å². The molecule has 2 unspecified atom stereocenters. The zero-order valence-corrected chi connectivity index (χ0v) is 12.3. The Labute approximate surface area is 131 Å². The molecule has 2 aromatic heterocycles. The lowest BCUT2D eigenvalue weighted by Crippen LogP contribution is -2.41. The third kappa shape index (κ3) is 2.23. The summed E-state index contributed by atoms with van der Waals surface area (Å²) in [6.45, 7) is 0.870. The molecule has 0 aromatic carbocycles. The van der Waals surface area contributed by atoms with Gasteiger partial charge in [0.1, 0.15) is 5.52 Å². The van der Waals surface area contributed by atoms with Crippen LogP contribution in [-0.4, -0.2) is 54.2 Å². The quantitative estimate of drug-likeness (QED) is 0.660. The number of aliphatic hydroxyl groups excluding tert-OH is 2. The first-order valence-corrected chi connectivity index (χ1v) is 6.98. The van der Waals surface area contributed by atoms with Gasteiger partial charge in [0, 0.05) is 0 Å². The highest BCUT2D eigenvalue weighted by atomic mass is 19.1. The Bertz CT molecular complexity index is 773. The molecule has 0 radical (unpaired) electrons. The summed E-state index contributed by atoms with van der Waals surface area (Å²) in [7, 11) is 0. The average molecular weight is 321 g/mol. The van der Waals surface area contributed by atoms with E-state index in [9.17, 15) is 10.2 Å². The number of imidazole rings is 1. The number of nitrogens with zero attached hydrogens (tertiary/aromatic N) is 4. The zero-order chi connectivity index (χ0) is 16.8. The highest BCUT2D eigenvalue weighted by molar-refractivity contribution is 5.70. The van der Waals surface area contributed by atoms with E-state index in [-0.39, 0.29) is 11.6 Å². The Balaban J connectivity index is 2.13. The fourth-order valence-corrected chi connectivity index (χ4v) is 2.91. The minimum Gasteiger partial charge on any atom is -0.396 e. The van der Waals surface area contributed by atoms with Crippen LogP contribution in [0.1, 0.15) is 13.2 Å². The number of rotatable bonds is 3. The van der Waals surface area contributed by atoms with Crippen LogP contribution in [0.3, 0.4) is 0 Å². The standard InChI is InChI=1S/C14H16FN5O3/c1-3-14(15)8(5-21)10(7(2)22)23-12(14)20-6-18-9-4-17-13(16)19-11(9)20/h1,4,6-8,10,12,21-22H,5H2,2H3,(H2,16,17,19)/t7-,8?,10-,12-,14?/m1/s1. The van der Waals surface area contributed by atoms with Crippen molar-refractivity contribution >= 4 is 17.1 Å². The molecule has 0 bridgehead atoms. The lowest BCUT2D eigenvalue weighted by molar-refractivity contribution is -0.0731. The largest absolute Gasteiger partial charge is 0.396 e. The van der Waals surface area contributed by atoms with Crippen molar-refractivity contribution in [1.82, 2.24) is 19.5 Å². The van der Waals surface area contributed by atoms with E-state index in [2.05, 4.69) is 20.9 Å². The van der Waals surface area contributed by atoms with Crippen LogP contribution in [0.15, 0.2) is 12.5 Å². The molecular weight excluding hydrogens is 305 g/mol. The van der Waals surface area contributed by atoms with E-state index in [1.165, 1.54) is 24.0 Å². The monoisotopic (exact) mass is 321 g/mol. The van der Waals surface area contributed by atoms with Gasteiger partial charge in [-0.3, -0.25) is 4.57 Å². The van der Waals surface area contributed by atoms with Gasteiger partial charge in [-0.25, -0.2) is 14.4 Å². The molecule has 3 rings (SSSR count). The fourth-order valence-electron chi connectivity index (χ4n) is 2.91. The van der Waals surface area contributed by atoms with Crippen LogP contribution < -0.4 is 5.73 Å². The second-order valence-corrected chi connectivity index (χ2v) is 5.48. The van der Waals surface area contributed by atoms with Crippen LogP contribution in [0, 0.1) is 18.3 Å². The number of nitrogens with two attached hydrogens (primary N) is 1. The number of aromatic nitrogens is 4. The van der Waals surface area contributed by atoms with Crippen molar-refractivity contribution in [1.29, 1.82) is 0 Å². The molecule has 0 saturated carbocycles. The smallest absolute Gasteiger partial charge is 0.222 e. The van der Waals surface area contributed by atoms with Crippen LogP contribution in [0.2, 0.25) is 0 Å². The number of halogens is 1. The van der Waals surface area contributed by atoms with Gasteiger partial charge >= 0.3 is 0 Å². The predicted molar refractivity (Wildman–Crippen MR) is 78.6 cm³/mol. The van der Waals surface area contributed by atoms with E-state index < -0.39 is 36.6 Å². The minimum atomic E-state index is -2.34. The van der Waals surface area contributed by atoms with Crippen molar-refractivity contribution < 1.29 is 19.3 Å². The van der Waals surface area contributed by atoms with Crippen molar-refractivity contribution in [2.75, 3.05) is 12.3 Å². The Morgan fingerprint density at radius 1 is 1.61 bits per heavy atom. The fraction of sp³-hybridized carbons (Fsp3) is 0.500. The molecule has 0 aliphatic carbocycles. The summed E-state index contributed by atoms with van der Waals surface area (Å²) in [5.74, 6) is 0.963. The number of anilines is 1. The number of hydrogen-bond acceptors (Lipinski definition) is 7. The molecule has 1 fully saturated rings. The molecule has 23 heavy (non-hydrogen) atoms. The lowest BCUT2D eigenvalue weighted by Gasteiger charge is -2.25. The Morgan fingerprint density at radius 2 is 2.35 bits per heavy atom. The number of fused-ring (bicyclic) bond motifs is 1. The highest BCUT2D eigenvalue weighted by Crippen LogP contribution is 2.46. The molecule has 0 amide bonds. The van der Waals surface area contributed by atoms with Gasteiger partial charge in [0.05, 0.1) is 37.3 Å². The minimum absolute atomic E-state index is 0.00630. The normalized spacial score (nSPS) is 32.0. The van der Waals surface area contributed by atoms with Crippen LogP contribution in [0.25, 0.3) is 11.2 Å². The maximum Gasteiger partial charge on any atom is 0.222 e. The second kappa shape index (κ2) is 5.42. The van der Waals surface area contributed by atoms with Crippen molar-refractivity contribution in [2.45, 2.75) is 31.0 Å². The van der Waals surface area contributed by atoms with Crippen LogP contribution in [0.5, 0.6) is 0 Å². The Hall–Kier alpha value is -2.28. The molecule has 9 heteroatoms. The van der Waals surface area contributed by atoms with Gasteiger partial charge in [-0.05, 0) is 6.92 Å². The molecule has 8 nitrogen and oxygen atoms in total. The molecule has 1 saturated heterocycles. The molecular formula is C14H16FN5O3. The summed E-state index contributed by atoms with van der Waals surface area (Å²) in [4.78, 5) is 11.9. The number of aliphatic hydroxyl groups is 2. The van der Waals surface area contributed by atoms with Gasteiger partial charge < -0.3 is 20.7 Å². The van der Waals surface area contributed by atoms with Gasteiger partial charge in [0.15, 0.2) is 11.9 Å². The second-order valence-electron chi connectivity index (χ2n) is 5.48. The number of nitrogen functional groups attached to an aromatic ring is 1. The van der Waals surface area contributed by atoms with E-state index in [0.29, 0.717) is 5.52 Å². The van der Waals surface area contributed by atoms with Gasteiger partial charge in [0.2, 0.25) is 11.6 Å². The Kier molecular flexibility index (Phi) is 3.68. The van der Waals surface area contributed by atoms with E-state index in [1.807, 2.05) is 0 Å². The first kappa shape index (κ1) is 15.6. The maximum absolute atomic E-state index is 15.4. The van der Waals surface area contributed by atoms with Crippen molar-refractivity contribution in [3.63, 3.8) is 0 Å². The number of alkyl halides is 1. The Morgan fingerprint density at radius 3 is 2.96 bits per heavy atom.